The van der Waals surface area contributed by atoms with Gasteiger partial charge in [0.15, 0.2) is 0 Å². The Morgan fingerprint density at radius 2 is 1.41 bits per heavy atom. The average molecular weight is 266 g/mol. The molecule has 6 heteroatoms. The van der Waals surface area contributed by atoms with E-state index in [-0.39, 0.29) is 42.1 Å². The van der Waals surface area contributed by atoms with Crippen LogP contribution < -0.4 is 16.4 Å². The molecule has 5 nitrogen and oxygen atoms in total. The molecule has 0 aliphatic carbocycles. The molecule has 0 fully saturated rings. The third kappa shape index (κ3) is 7.99. The normalized spacial score (nSPS) is 13.5. The minimum Gasteiger partial charge on any atom is -0.354 e. The maximum absolute atomic E-state index is 11.5. The summed E-state index contributed by atoms with van der Waals surface area (Å²) in [6.07, 6.45) is 0. The van der Waals surface area contributed by atoms with Gasteiger partial charge in [0.2, 0.25) is 11.8 Å². The lowest BCUT2D eigenvalue weighted by Crippen LogP contribution is -2.42. The molecule has 0 heterocycles. The number of carbonyl (C=O) groups is 2. The second kappa shape index (κ2) is 9.24. The van der Waals surface area contributed by atoms with Gasteiger partial charge in [0.1, 0.15) is 0 Å². The lowest BCUT2D eigenvalue weighted by atomic mass is 10.0. The molecule has 4 N–H and O–H groups in total. The number of halogens is 1. The molecule has 2 unspecified atom stereocenters. The molecule has 0 aromatic rings. The fourth-order valence-corrected chi connectivity index (χ4v) is 0.975. The summed E-state index contributed by atoms with van der Waals surface area (Å²) in [5.41, 5.74) is 5.60. The largest absolute Gasteiger partial charge is 0.354 e. The molecule has 0 aliphatic heterocycles. The van der Waals surface area contributed by atoms with Gasteiger partial charge in [-0.15, -0.1) is 12.4 Å². The summed E-state index contributed by atoms with van der Waals surface area (Å²) in [6.45, 7) is 8.12. The molecule has 0 spiro atoms. The SMILES string of the molecule is CC(C)C(=O)NCCNC(=O)C(C)C(C)N.Cl. The molecule has 0 saturated carbocycles. The Morgan fingerprint density at radius 1 is 1.00 bits per heavy atom. The van der Waals surface area contributed by atoms with Crippen LogP contribution in [0.5, 0.6) is 0 Å². The number of carbonyl (C=O) groups excluding carboxylic acids is 2. The summed E-state index contributed by atoms with van der Waals surface area (Å²) in [7, 11) is 0. The second-order valence-corrected chi connectivity index (χ2v) is 4.38. The Balaban J connectivity index is 0. The third-order valence-electron chi connectivity index (χ3n) is 2.45. The maximum atomic E-state index is 11.5. The van der Waals surface area contributed by atoms with E-state index in [2.05, 4.69) is 10.6 Å². The highest BCUT2D eigenvalue weighted by molar-refractivity contribution is 5.85. The van der Waals surface area contributed by atoms with Crippen LogP contribution in [0, 0.1) is 11.8 Å². The van der Waals surface area contributed by atoms with Crippen molar-refractivity contribution in [2.24, 2.45) is 17.6 Å². The zero-order valence-electron chi connectivity index (χ0n) is 10.9. The van der Waals surface area contributed by atoms with E-state index in [0.717, 1.165) is 0 Å². The van der Waals surface area contributed by atoms with E-state index >= 15 is 0 Å². The molecule has 0 bridgehead atoms. The quantitative estimate of drug-likeness (QED) is 0.603. The molecular formula is C11H24ClN3O2. The van der Waals surface area contributed by atoms with Crippen LogP contribution in [0.25, 0.3) is 0 Å². The summed E-state index contributed by atoms with van der Waals surface area (Å²) in [5.74, 6) is -0.317. The molecule has 0 saturated heterocycles. The van der Waals surface area contributed by atoms with Crippen LogP contribution in [0.1, 0.15) is 27.7 Å². The first-order valence-electron chi connectivity index (χ1n) is 5.67. The van der Waals surface area contributed by atoms with E-state index in [1.165, 1.54) is 0 Å². The lowest BCUT2D eigenvalue weighted by molar-refractivity contribution is -0.126. The molecule has 102 valence electrons. The van der Waals surface area contributed by atoms with E-state index in [0.29, 0.717) is 13.1 Å². The van der Waals surface area contributed by atoms with Crippen molar-refractivity contribution in [3.63, 3.8) is 0 Å². The van der Waals surface area contributed by atoms with Crippen LogP contribution in [0.15, 0.2) is 0 Å². The van der Waals surface area contributed by atoms with Crippen LogP contribution in [0.4, 0.5) is 0 Å². The Labute approximate surface area is 109 Å². The monoisotopic (exact) mass is 265 g/mol. The van der Waals surface area contributed by atoms with Gasteiger partial charge in [0.25, 0.3) is 0 Å². The van der Waals surface area contributed by atoms with Gasteiger partial charge < -0.3 is 16.4 Å². The molecule has 0 rings (SSSR count). The highest BCUT2D eigenvalue weighted by Crippen LogP contribution is 1.98. The minimum absolute atomic E-state index is 0. The smallest absolute Gasteiger partial charge is 0.224 e. The second-order valence-electron chi connectivity index (χ2n) is 4.38. The zero-order valence-corrected chi connectivity index (χ0v) is 11.8. The van der Waals surface area contributed by atoms with Crippen molar-refractivity contribution in [3.8, 4) is 0 Å². The number of nitrogens with two attached hydrogens (primary N) is 1. The fraction of sp³-hybridized carbons (Fsp3) is 0.818. The highest BCUT2D eigenvalue weighted by atomic mass is 35.5. The van der Waals surface area contributed by atoms with Gasteiger partial charge in [-0.1, -0.05) is 20.8 Å². The predicted molar refractivity (Wildman–Crippen MR) is 70.9 cm³/mol. The molecule has 0 aromatic carbocycles. The number of hydrogen-bond donors (Lipinski definition) is 3. The topological polar surface area (TPSA) is 84.2 Å². The van der Waals surface area contributed by atoms with E-state index in [4.69, 9.17) is 5.73 Å². The fourth-order valence-electron chi connectivity index (χ4n) is 0.975. The number of hydrogen-bond acceptors (Lipinski definition) is 3. The lowest BCUT2D eigenvalue weighted by Gasteiger charge is -2.15. The number of rotatable bonds is 6. The number of nitrogens with one attached hydrogen (secondary N) is 2. The van der Waals surface area contributed by atoms with E-state index in [9.17, 15) is 9.59 Å². The summed E-state index contributed by atoms with van der Waals surface area (Å²) in [6, 6.07) is -0.162. The van der Waals surface area contributed by atoms with Gasteiger partial charge in [0, 0.05) is 31.0 Å². The van der Waals surface area contributed by atoms with Gasteiger partial charge in [0.05, 0.1) is 0 Å². The van der Waals surface area contributed by atoms with Gasteiger partial charge in [-0.05, 0) is 6.92 Å². The van der Waals surface area contributed by atoms with Gasteiger partial charge in [-0.3, -0.25) is 9.59 Å². The Morgan fingerprint density at radius 3 is 1.76 bits per heavy atom. The molecular weight excluding hydrogens is 242 g/mol. The van der Waals surface area contributed by atoms with Crippen molar-refractivity contribution < 1.29 is 9.59 Å². The first kappa shape index (κ1) is 18.6. The van der Waals surface area contributed by atoms with E-state index in [1.54, 1.807) is 13.8 Å². The molecule has 17 heavy (non-hydrogen) atoms. The predicted octanol–water partition coefficient (Wildman–Crippen LogP) is 0.280. The van der Waals surface area contributed by atoms with Crippen molar-refractivity contribution in [1.29, 1.82) is 0 Å². The number of amides is 2. The molecule has 0 aliphatic rings. The van der Waals surface area contributed by atoms with Crippen LogP contribution in [-0.2, 0) is 9.59 Å². The van der Waals surface area contributed by atoms with Crippen molar-refractivity contribution in [2.45, 2.75) is 33.7 Å². The third-order valence-corrected chi connectivity index (χ3v) is 2.45. The maximum Gasteiger partial charge on any atom is 0.224 e. The summed E-state index contributed by atoms with van der Waals surface area (Å²) >= 11 is 0. The first-order chi connectivity index (χ1) is 7.36. The summed E-state index contributed by atoms with van der Waals surface area (Å²) in [5, 5.41) is 5.45. The van der Waals surface area contributed by atoms with Gasteiger partial charge in [-0.25, -0.2) is 0 Å². The van der Waals surface area contributed by atoms with Crippen molar-refractivity contribution >= 4 is 24.2 Å². The van der Waals surface area contributed by atoms with E-state index in [1.807, 2.05) is 13.8 Å². The van der Waals surface area contributed by atoms with Crippen LogP contribution in [-0.4, -0.2) is 30.9 Å². The van der Waals surface area contributed by atoms with Crippen molar-refractivity contribution in [3.05, 3.63) is 0 Å². The molecule has 2 amide bonds. The van der Waals surface area contributed by atoms with Crippen molar-refractivity contribution in [1.82, 2.24) is 10.6 Å². The highest BCUT2D eigenvalue weighted by Gasteiger charge is 2.16. The molecule has 2 atom stereocenters. The van der Waals surface area contributed by atoms with Gasteiger partial charge >= 0.3 is 0 Å². The summed E-state index contributed by atoms with van der Waals surface area (Å²) < 4.78 is 0. The minimum atomic E-state index is -0.208. The molecule has 0 aromatic heterocycles. The van der Waals surface area contributed by atoms with Crippen LogP contribution >= 0.6 is 12.4 Å². The van der Waals surface area contributed by atoms with Crippen LogP contribution in [0.3, 0.4) is 0 Å². The standard InChI is InChI=1S/C11H23N3O2.ClH/c1-7(2)10(15)13-5-6-14-11(16)8(3)9(4)12;/h7-9H,5-6,12H2,1-4H3,(H,13,15)(H,14,16);1H. The van der Waals surface area contributed by atoms with Gasteiger partial charge in [-0.2, -0.15) is 0 Å². The van der Waals surface area contributed by atoms with Crippen molar-refractivity contribution in [2.75, 3.05) is 13.1 Å². The Kier molecular flexibility index (Phi) is 10.1. The Bertz CT molecular complexity index is 245. The zero-order chi connectivity index (χ0) is 12.7. The summed E-state index contributed by atoms with van der Waals surface area (Å²) in [4.78, 5) is 22.6. The Hall–Kier alpha value is -0.810. The average Bonchev–Trinajstić information content (AvgIpc) is 2.22. The van der Waals surface area contributed by atoms with Crippen LogP contribution in [0.2, 0.25) is 0 Å². The molecule has 0 radical (unpaired) electrons. The van der Waals surface area contributed by atoms with E-state index < -0.39 is 0 Å². The first-order valence-corrected chi connectivity index (χ1v) is 5.67.